The summed E-state index contributed by atoms with van der Waals surface area (Å²) in [6.07, 6.45) is -1.14. The first-order chi connectivity index (χ1) is 6.97. The van der Waals surface area contributed by atoms with Gasteiger partial charge in [0.05, 0.1) is 10.5 Å². The van der Waals surface area contributed by atoms with Crippen LogP contribution >= 0.6 is 0 Å². The first-order valence-corrected chi connectivity index (χ1v) is 4.23. The Kier molecular flexibility index (Phi) is 1.97. The maximum absolute atomic E-state index is 13.2. The molecule has 1 aliphatic heterocycles. The zero-order valence-corrected chi connectivity index (χ0v) is 7.74. The average molecular weight is 215 g/mol. The van der Waals surface area contributed by atoms with Gasteiger partial charge in [-0.25, -0.2) is 8.78 Å². The first kappa shape index (κ1) is 9.97. The predicted octanol–water partition coefficient (Wildman–Crippen LogP) is 2.03. The van der Waals surface area contributed by atoms with Crippen molar-refractivity contribution in [2.75, 3.05) is 0 Å². The first-order valence-electron chi connectivity index (χ1n) is 4.23. The summed E-state index contributed by atoms with van der Waals surface area (Å²) in [5.74, 6) is -1.66. The molecule has 0 saturated carbocycles. The Balaban J connectivity index is 2.39. The molecule has 0 amide bonds. The van der Waals surface area contributed by atoms with Crippen LogP contribution in [0.5, 0.6) is 0 Å². The minimum Gasteiger partial charge on any atom is -0.294 e. The third kappa shape index (κ3) is 1.37. The number of epoxide rings is 1. The van der Waals surface area contributed by atoms with E-state index >= 15 is 0 Å². The van der Waals surface area contributed by atoms with Gasteiger partial charge in [-0.3, -0.25) is 14.9 Å². The second-order valence-corrected chi connectivity index (χ2v) is 3.44. The molecule has 6 heteroatoms. The third-order valence-electron chi connectivity index (χ3n) is 2.41. The van der Waals surface area contributed by atoms with Crippen molar-refractivity contribution < 1.29 is 18.4 Å². The fourth-order valence-electron chi connectivity index (χ4n) is 1.43. The summed E-state index contributed by atoms with van der Waals surface area (Å²) in [6.45, 7) is 1.18. The normalized spacial score (nSPS) is 28.9. The molecule has 0 aliphatic carbocycles. The van der Waals surface area contributed by atoms with Crippen LogP contribution < -0.4 is 0 Å². The van der Waals surface area contributed by atoms with Crippen molar-refractivity contribution in [1.29, 1.82) is 0 Å². The van der Waals surface area contributed by atoms with Crippen LogP contribution in [0.3, 0.4) is 0 Å². The second kappa shape index (κ2) is 2.96. The Morgan fingerprint density at radius 1 is 1.47 bits per heavy atom. The molecule has 4 nitrogen and oxygen atoms in total. The van der Waals surface area contributed by atoms with Crippen LogP contribution in [0, 0.1) is 21.7 Å². The van der Waals surface area contributed by atoms with Gasteiger partial charge in [0.15, 0.2) is 6.10 Å². The molecule has 15 heavy (non-hydrogen) atoms. The minimum atomic E-state index is -1.71. The van der Waals surface area contributed by atoms with Crippen LogP contribution in [0.15, 0.2) is 18.2 Å². The molecular formula is C9H7F2NO3. The highest BCUT2D eigenvalue weighted by molar-refractivity contribution is 5.27. The van der Waals surface area contributed by atoms with E-state index in [2.05, 4.69) is 0 Å². The maximum Gasteiger partial charge on any atom is 0.353 e. The third-order valence-corrected chi connectivity index (χ3v) is 2.41. The number of ether oxygens (including phenoxy) is 1. The van der Waals surface area contributed by atoms with Crippen molar-refractivity contribution in [3.8, 4) is 0 Å². The van der Waals surface area contributed by atoms with Crippen molar-refractivity contribution in [1.82, 2.24) is 0 Å². The van der Waals surface area contributed by atoms with E-state index in [1.165, 1.54) is 13.0 Å². The van der Waals surface area contributed by atoms with E-state index in [1.807, 2.05) is 0 Å². The molecule has 1 heterocycles. The summed E-state index contributed by atoms with van der Waals surface area (Å²) in [4.78, 5) is 9.83. The summed E-state index contributed by atoms with van der Waals surface area (Å²) in [5, 5.41) is 10.5. The molecule has 2 atom stereocenters. The van der Waals surface area contributed by atoms with E-state index in [9.17, 15) is 18.9 Å². The zero-order valence-electron chi connectivity index (χ0n) is 7.74. The molecule has 80 valence electrons. The zero-order chi connectivity index (χ0) is 11.2. The lowest BCUT2D eigenvalue weighted by Crippen LogP contribution is -2.19. The monoisotopic (exact) mass is 215 g/mol. The fourth-order valence-corrected chi connectivity index (χ4v) is 1.43. The van der Waals surface area contributed by atoms with Crippen molar-refractivity contribution in [3.05, 3.63) is 45.5 Å². The standard InChI is InChI=1S/C9H7F2NO3/c1-9(12(13)14)8(15-9)7-5(10)3-2-4-6(7)11/h2-4,8H,1H3/t8-,9+/m1/s1. The van der Waals surface area contributed by atoms with Crippen LogP contribution in [-0.2, 0) is 4.74 Å². The fraction of sp³-hybridized carbons (Fsp3) is 0.333. The highest BCUT2D eigenvalue weighted by Gasteiger charge is 2.67. The molecule has 2 rings (SSSR count). The molecule has 0 bridgehead atoms. The van der Waals surface area contributed by atoms with Gasteiger partial charge in [0.1, 0.15) is 11.6 Å². The summed E-state index contributed by atoms with van der Waals surface area (Å²) in [5.41, 5.74) is -2.08. The van der Waals surface area contributed by atoms with E-state index in [0.29, 0.717) is 0 Å². The number of hydrogen-bond donors (Lipinski definition) is 0. The lowest BCUT2D eigenvalue weighted by molar-refractivity contribution is -0.558. The van der Waals surface area contributed by atoms with Crippen LogP contribution in [-0.4, -0.2) is 10.6 Å². The van der Waals surface area contributed by atoms with Gasteiger partial charge in [-0.2, -0.15) is 0 Å². The summed E-state index contributed by atoms with van der Waals surface area (Å²) in [6, 6.07) is 3.28. The Morgan fingerprint density at radius 2 is 2.00 bits per heavy atom. The van der Waals surface area contributed by atoms with E-state index in [0.717, 1.165) is 12.1 Å². The summed E-state index contributed by atoms with van der Waals surface area (Å²) < 4.78 is 31.1. The topological polar surface area (TPSA) is 55.7 Å². The molecule has 0 radical (unpaired) electrons. The molecule has 0 spiro atoms. The Morgan fingerprint density at radius 3 is 2.40 bits per heavy atom. The molecule has 0 unspecified atom stereocenters. The van der Waals surface area contributed by atoms with Gasteiger partial charge in [0, 0.05) is 6.92 Å². The number of nitro groups is 1. The average Bonchev–Trinajstić information content (AvgIpc) is 2.79. The smallest absolute Gasteiger partial charge is 0.294 e. The molecule has 1 aromatic rings. The van der Waals surface area contributed by atoms with Gasteiger partial charge in [-0.05, 0) is 12.1 Å². The van der Waals surface area contributed by atoms with E-state index in [-0.39, 0.29) is 5.56 Å². The van der Waals surface area contributed by atoms with Gasteiger partial charge in [0.2, 0.25) is 0 Å². The Hall–Kier alpha value is -1.56. The summed E-state index contributed by atoms with van der Waals surface area (Å²) in [7, 11) is 0. The van der Waals surface area contributed by atoms with Crippen LogP contribution in [0.2, 0.25) is 0 Å². The number of halogens is 2. The number of benzene rings is 1. The van der Waals surface area contributed by atoms with E-state index in [1.54, 1.807) is 0 Å². The lowest BCUT2D eigenvalue weighted by Gasteiger charge is -2.00. The molecule has 0 N–H and O–H groups in total. The van der Waals surface area contributed by atoms with Gasteiger partial charge in [-0.1, -0.05) is 6.07 Å². The molecule has 0 aromatic heterocycles. The van der Waals surface area contributed by atoms with Crippen LogP contribution in [0.1, 0.15) is 18.6 Å². The number of hydrogen-bond acceptors (Lipinski definition) is 3. The Bertz CT molecular complexity index is 417. The largest absolute Gasteiger partial charge is 0.353 e. The van der Waals surface area contributed by atoms with Crippen LogP contribution in [0.25, 0.3) is 0 Å². The highest BCUT2D eigenvalue weighted by Crippen LogP contribution is 2.50. The SMILES string of the molecule is C[C@]1([N+](=O)[O-])O[C@@H]1c1c(F)cccc1F. The van der Waals surface area contributed by atoms with E-state index < -0.39 is 28.4 Å². The van der Waals surface area contributed by atoms with Crippen molar-refractivity contribution in [2.24, 2.45) is 0 Å². The molecule has 1 aromatic carbocycles. The highest BCUT2D eigenvalue weighted by atomic mass is 19.1. The van der Waals surface area contributed by atoms with Gasteiger partial charge >= 0.3 is 5.72 Å². The van der Waals surface area contributed by atoms with E-state index in [4.69, 9.17) is 4.74 Å². The molecular weight excluding hydrogens is 208 g/mol. The quantitative estimate of drug-likeness (QED) is 0.431. The summed E-state index contributed by atoms with van der Waals surface area (Å²) >= 11 is 0. The minimum absolute atomic E-state index is 0.378. The lowest BCUT2D eigenvalue weighted by atomic mass is 10.1. The second-order valence-electron chi connectivity index (χ2n) is 3.44. The van der Waals surface area contributed by atoms with Crippen molar-refractivity contribution in [2.45, 2.75) is 18.8 Å². The predicted molar refractivity (Wildman–Crippen MR) is 45.6 cm³/mol. The van der Waals surface area contributed by atoms with Crippen molar-refractivity contribution in [3.63, 3.8) is 0 Å². The molecule has 1 fully saturated rings. The number of nitrogens with zero attached hydrogens (tertiary/aromatic N) is 1. The van der Waals surface area contributed by atoms with Gasteiger partial charge < -0.3 is 0 Å². The van der Waals surface area contributed by atoms with Gasteiger partial charge in [0.25, 0.3) is 0 Å². The number of rotatable bonds is 2. The molecule has 1 aliphatic rings. The Labute approximate surface area is 83.6 Å². The molecule has 1 saturated heterocycles. The van der Waals surface area contributed by atoms with Crippen LogP contribution in [0.4, 0.5) is 8.78 Å². The van der Waals surface area contributed by atoms with Gasteiger partial charge in [-0.15, -0.1) is 0 Å². The van der Waals surface area contributed by atoms with Crippen molar-refractivity contribution >= 4 is 0 Å². The maximum atomic E-state index is 13.2.